The number of amides is 3. The van der Waals surface area contributed by atoms with Gasteiger partial charge >= 0.3 is 0 Å². The van der Waals surface area contributed by atoms with Crippen LogP contribution in [0, 0.1) is 11.8 Å². The molecule has 2 aromatic carbocycles. The number of hydrogen-bond donors (Lipinski definition) is 2. The number of ketones is 1. The van der Waals surface area contributed by atoms with Gasteiger partial charge < -0.3 is 15.4 Å². The lowest BCUT2D eigenvalue weighted by molar-refractivity contribution is -0.131. The maximum atomic E-state index is 14.2. The molecule has 3 aliphatic heterocycles. The summed E-state index contributed by atoms with van der Waals surface area (Å²) in [5.74, 6) is -3.09. The van der Waals surface area contributed by atoms with Gasteiger partial charge in [0, 0.05) is 22.5 Å². The zero-order chi connectivity index (χ0) is 26.8. The molecule has 2 bridgehead atoms. The highest BCUT2D eigenvalue weighted by atomic mass is 16.5. The number of carbonyl (C=O) groups is 4. The number of rotatable bonds is 5. The van der Waals surface area contributed by atoms with E-state index in [-0.39, 0.29) is 11.7 Å². The number of hydrogen-bond acceptors (Lipinski definition) is 5. The lowest BCUT2D eigenvalue weighted by Crippen LogP contribution is -2.58. The fourth-order valence-corrected chi connectivity index (χ4v) is 5.87. The van der Waals surface area contributed by atoms with Crippen molar-refractivity contribution in [1.29, 1.82) is 0 Å². The molecule has 3 heterocycles. The lowest BCUT2D eigenvalue weighted by Gasteiger charge is -2.35. The number of Topliss-reactive ketones (excluding diaryl/α,β-unsaturated/α-hetero) is 1. The van der Waals surface area contributed by atoms with E-state index in [1.165, 1.54) is 11.8 Å². The van der Waals surface area contributed by atoms with Gasteiger partial charge in [-0.2, -0.15) is 0 Å². The molecule has 0 radical (unpaired) electrons. The summed E-state index contributed by atoms with van der Waals surface area (Å²) in [7, 11) is 0. The Hall–Kier alpha value is -3.78. The van der Waals surface area contributed by atoms with E-state index in [1.54, 1.807) is 55.5 Å². The van der Waals surface area contributed by atoms with Gasteiger partial charge in [0.05, 0.1) is 17.4 Å². The minimum Gasteiger partial charge on any atom is -0.356 e. The predicted octanol–water partition coefficient (Wildman–Crippen LogP) is 3.49. The molecule has 37 heavy (non-hydrogen) atoms. The molecule has 0 saturated carbocycles. The Kier molecular flexibility index (Phi) is 5.64. The molecule has 8 nitrogen and oxygen atoms in total. The van der Waals surface area contributed by atoms with Crippen molar-refractivity contribution in [2.24, 2.45) is 11.8 Å². The fraction of sp³-hybridized carbons (Fsp3) is 0.379. The highest BCUT2D eigenvalue weighted by Crippen LogP contribution is 2.60. The zero-order valence-corrected chi connectivity index (χ0v) is 21.6. The molecule has 0 aromatic heterocycles. The van der Waals surface area contributed by atoms with Crippen LogP contribution in [-0.4, -0.2) is 46.3 Å². The monoisotopic (exact) mass is 501 g/mol. The van der Waals surface area contributed by atoms with Gasteiger partial charge in [-0.1, -0.05) is 42.5 Å². The first-order valence-electron chi connectivity index (χ1n) is 12.4. The van der Waals surface area contributed by atoms with E-state index in [9.17, 15) is 19.2 Å². The Bertz CT molecular complexity index is 1330. The van der Waals surface area contributed by atoms with Gasteiger partial charge in [-0.25, -0.2) is 0 Å². The first-order chi connectivity index (χ1) is 17.4. The Morgan fingerprint density at radius 2 is 1.68 bits per heavy atom. The number of para-hydroxylation sites is 1. The quantitative estimate of drug-likeness (QED) is 0.482. The maximum Gasteiger partial charge on any atom is 0.246 e. The topological polar surface area (TPSA) is 105 Å². The van der Waals surface area contributed by atoms with E-state index in [4.69, 9.17) is 4.74 Å². The van der Waals surface area contributed by atoms with Crippen LogP contribution in [0.5, 0.6) is 0 Å². The summed E-state index contributed by atoms with van der Waals surface area (Å²) >= 11 is 0. The van der Waals surface area contributed by atoms with Gasteiger partial charge in [-0.3, -0.25) is 24.1 Å². The summed E-state index contributed by atoms with van der Waals surface area (Å²) in [4.78, 5) is 55.2. The number of nitrogens with zero attached hydrogens (tertiary/aromatic N) is 1. The third-order valence-electron chi connectivity index (χ3n) is 7.30. The van der Waals surface area contributed by atoms with Crippen LogP contribution in [0.25, 0.3) is 0 Å². The number of benzene rings is 2. The van der Waals surface area contributed by atoms with Gasteiger partial charge in [0.25, 0.3) is 0 Å². The average Bonchev–Trinajstić information content (AvgIpc) is 3.39. The van der Waals surface area contributed by atoms with Gasteiger partial charge in [-0.05, 0) is 58.9 Å². The summed E-state index contributed by atoms with van der Waals surface area (Å²) < 4.78 is 6.53. The van der Waals surface area contributed by atoms with Crippen LogP contribution in [-0.2, 0) is 19.1 Å². The minimum atomic E-state index is -1.34. The summed E-state index contributed by atoms with van der Waals surface area (Å²) in [5, 5.41) is 5.91. The van der Waals surface area contributed by atoms with Crippen molar-refractivity contribution in [3.05, 3.63) is 72.3 Å². The van der Waals surface area contributed by atoms with Crippen molar-refractivity contribution in [2.75, 3.05) is 10.2 Å². The molecule has 3 aliphatic rings. The zero-order valence-electron chi connectivity index (χ0n) is 21.6. The van der Waals surface area contributed by atoms with Gasteiger partial charge in [0.15, 0.2) is 5.78 Å². The van der Waals surface area contributed by atoms with Crippen LogP contribution in [0.3, 0.4) is 0 Å². The molecule has 1 spiro atoms. The molecule has 0 aliphatic carbocycles. The Morgan fingerprint density at radius 1 is 0.973 bits per heavy atom. The van der Waals surface area contributed by atoms with Crippen LogP contribution in [0.2, 0.25) is 0 Å². The summed E-state index contributed by atoms with van der Waals surface area (Å²) in [6.45, 7) is 8.80. The number of anilines is 2. The largest absolute Gasteiger partial charge is 0.356 e. The predicted molar refractivity (Wildman–Crippen MR) is 139 cm³/mol. The van der Waals surface area contributed by atoms with E-state index in [2.05, 4.69) is 10.6 Å². The minimum absolute atomic E-state index is 0.160. The molecule has 5 atom stereocenters. The number of ether oxygens (including phenoxy) is 1. The summed E-state index contributed by atoms with van der Waals surface area (Å²) in [5.41, 5.74) is -1.55. The second kappa shape index (κ2) is 8.38. The van der Waals surface area contributed by atoms with Crippen molar-refractivity contribution < 1.29 is 23.9 Å². The summed E-state index contributed by atoms with van der Waals surface area (Å²) in [6, 6.07) is 14.6. The van der Waals surface area contributed by atoms with Gasteiger partial charge in [-0.15, -0.1) is 0 Å². The standard InChI is InChI=1S/C29H31N3O5/c1-17(33)18-10-9-13-20(16-18)32-23(25(35)31-27(2,3)4)29-15-14-28(5,37-29)21(22(29)26(32)36)24(34)30-19-11-7-6-8-12-19/h6-16,21-23H,1-5H3,(H,30,34)(H,31,35)/t21-,22+,23-,28+,29+/m0/s1. The van der Waals surface area contributed by atoms with Crippen molar-refractivity contribution in [1.82, 2.24) is 5.32 Å². The van der Waals surface area contributed by atoms with E-state index in [0.717, 1.165) is 0 Å². The average molecular weight is 502 g/mol. The lowest BCUT2D eigenvalue weighted by atomic mass is 9.70. The second-order valence-electron chi connectivity index (χ2n) is 11.2. The maximum absolute atomic E-state index is 14.2. The van der Waals surface area contributed by atoms with Crippen LogP contribution in [0.4, 0.5) is 11.4 Å². The second-order valence-corrected chi connectivity index (χ2v) is 11.2. The smallest absolute Gasteiger partial charge is 0.246 e. The Balaban J connectivity index is 1.61. The van der Waals surface area contributed by atoms with Crippen LogP contribution >= 0.6 is 0 Å². The van der Waals surface area contributed by atoms with Crippen LogP contribution in [0.1, 0.15) is 45.0 Å². The molecule has 192 valence electrons. The number of fused-ring (bicyclic) bond motifs is 1. The molecular formula is C29H31N3O5. The van der Waals surface area contributed by atoms with E-state index >= 15 is 0 Å². The molecular weight excluding hydrogens is 470 g/mol. The third kappa shape index (κ3) is 3.96. The Morgan fingerprint density at radius 3 is 2.32 bits per heavy atom. The molecule has 5 rings (SSSR count). The number of carbonyl (C=O) groups excluding carboxylic acids is 4. The van der Waals surface area contributed by atoms with E-state index < -0.39 is 46.4 Å². The van der Waals surface area contributed by atoms with E-state index in [0.29, 0.717) is 16.9 Å². The van der Waals surface area contributed by atoms with Crippen molar-refractivity contribution in [3.63, 3.8) is 0 Å². The molecule has 2 saturated heterocycles. The molecule has 0 unspecified atom stereocenters. The summed E-state index contributed by atoms with van der Waals surface area (Å²) in [6.07, 6.45) is 3.56. The van der Waals surface area contributed by atoms with Crippen LogP contribution < -0.4 is 15.5 Å². The molecule has 2 N–H and O–H groups in total. The highest BCUT2D eigenvalue weighted by Gasteiger charge is 2.76. The normalized spacial score (nSPS) is 29.8. The first-order valence-corrected chi connectivity index (χ1v) is 12.4. The van der Waals surface area contributed by atoms with Crippen molar-refractivity contribution >= 4 is 34.9 Å². The van der Waals surface area contributed by atoms with Crippen molar-refractivity contribution in [2.45, 2.75) is 57.4 Å². The molecule has 8 heteroatoms. The van der Waals surface area contributed by atoms with Gasteiger partial charge in [0.1, 0.15) is 11.6 Å². The van der Waals surface area contributed by atoms with E-state index in [1.807, 2.05) is 39.0 Å². The SMILES string of the molecule is CC(=O)c1cccc(N2C(=O)[C@H]3[C@@H](C(=O)Nc4ccccc4)[C@@]4(C)C=C[C@]3(O4)[C@@H]2C(=O)NC(C)(C)C)c1. The third-order valence-corrected chi connectivity index (χ3v) is 7.30. The van der Waals surface area contributed by atoms with Crippen LogP contribution in [0.15, 0.2) is 66.7 Å². The first kappa shape index (κ1) is 24.9. The highest BCUT2D eigenvalue weighted by molar-refractivity contribution is 6.12. The van der Waals surface area contributed by atoms with Crippen molar-refractivity contribution in [3.8, 4) is 0 Å². The molecule has 2 fully saturated rings. The Labute approximate surface area is 216 Å². The number of nitrogens with one attached hydrogen (secondary N) is 2. The molecule has 2 aromatic rings. The molecule has 3 amide bonds. The van der Waals surface area contributed by atoms with Gasteiger partial charge in [0.2, 0.25) is 17.7 Å². The fourth-order valence-electron chi connectivity index (χ4n) is 5.87.